The summed E-state index contributed by atoms with van der Waals surface area (Å²) in [7, 11) is 3.54. The lowest BCUT2D eigenvalue weighted by Crippen LogP contribution is -2.30. The number of rotatable bonds is 5. The number of para-hydroxylation sites is 1. The first-order chi connectivity index (χ1) is 14.0. The predicted octanol–water partition coefficient (Wildman–Crippen LogP) is 2.57. The van der Waals surface area contributed by atoms with Gasteiger partial charge in [0.2, 0.25) is 5.91 Å². The Hall–Kier alpha value is -3.09. The Morgan fingerprint density at radius 1 is 1.21 bits per heavy atom. The highest BCUT2D eigenvalue weighted by Crippen LogP contribution is 2.29. The minimum absolute atomic E-state index is 0.124. The number of hydrogen-bond donors (Lipinski definition) is 0. The maximum Gasteiger partial charge on any atom is 0.277 e. The molecular formula is C22H26N4O3. The van der Waals surface area contributed by atoms with E-state index in [2.05, 4.69) is 5.10 Å². The zero-order valence-electron chi connectivity index (χ0n) is 17.1. The van der Waals surface area contributed by atoms with E-state index in [-0.39, 0.29) is 11.5 Å². The molecule has 0 bridgehead atoms. The van der Waals surface area contributed by atoms with Crippen LogP contribution < -0.4 is 10.3 Å². The van der Waals surface area contributed by atoms with Crippen LogP contribution in [0.4, 0.5) is 0 Å². The average Bonchev–Trinajstić information content (AvgIpc) is 3.42. The second-order valence-corrected chi connectivity index (χ2v) is 7.52. The van der Waals surface area contributed by atoms with Crippen molar-refractivity contribution in [2.45, 2.75) is 32.6 Å². The van der Waals surface area contributed by atoms with Gasteiger partial charge in [0.1, 0.15) is 11.4 Å². The van der Waals surface area contributed by atoms with Crippen LogP contribution >= 0.6 is 0 Å². The number of hydrogen-bond acceptors (Lipinski definition) is 4. The third-order valence-corrected chi connectivity index (χ3v) is 5.86. The van der Waals surface area contributed by atoms with Crippen LogP contribution in [0.5, 0.6) is 5.75 Å². The molecule has 0 atom stereocenters. The molecule has 3 aromatic rings. The van der Waals surface area contributed by atoms with Gasteiger partial charge in [0.15, 0.2) is 0 Å². The first-order valence-corrected chi connectivity index (χ1v) is 10.0. The Balaban J connectivity index is 1.72. The maximum atomic E-state index is 13.2. The van der Waals surface area contributed by atoms with Crippen molar-refractivity contribution < 1.29 is 9.53 Å². The first-order valence-electron chi connectivity index (χ1n) is 10.0. The van der Waals surface area contributed by atoms with Crippen LogP contribution in [0.2, 0.25) is 0 Å². The summed E-state index contributed by atoms with van der Waals surface area (Å²) in [6, 6.07) is 9.51. The number of carbonyl (C=O) groups excluding carboxylic acids is 1. The molecule has 0 unspecified atom stereocenters. The van der Waals surface area contributed by atoms with Gasteiger partial charge in [-0.2, -0.15) is 9.61 Å². The number of fused-ring (bicyclic) bond motifs is 1. The van der Waals surface area contributed by atoms with Gasteiger partial charge >= 0.3 is 0 Å². The summed E-state index contributed by atoms with van der Waals surface area (Å²) in [5, 5.41) is 4.57. The van der Waals surface area contributed by atoms with Gasteiger partial charge in [-0.15, -0.1) is 0 Å². The van der Waals surface area contributed by atoms with E-state index in [0.29, 0.717) is 35.5 Å². The minimum Gasteiger partial charge on any atom is -0.496 e. The summed E-state index contributed by atoms with van der Waals surface area (Å²) in [4.78, 5) is 27.5. The zero-order valence-corrected chi connectivity index (χ0v) is 17.1. The summed E-state index contributed by atoms with van der Waals surface area (Å²) in [6.07, 6.45) is 2.91. The third-order valence-electron chi connectivity index (χ3n) is 5.86. The van der Waals surface area contributed by atoms with Gasteiger partial charge < -0.3 is 14.2 Å². The van der Waals surface area contributed by atoms with Crippen molar-refractivity contribution in [3.05, 3.63) is 51.9 Å². The molecule has 1 saturated heterocycles. The lowest BCUT2D eigenvalue weighted by atomic mass is 10.1. The van der Waals surface area contributed by atoms with Crippen LogP contribution in [-0.4, -0.2) is 45.2 Å². The lowest BCUT2D eigenvalue weighted by Gasteiger charge is -2.16. The summed E-state index contributed by atoms with van der Waals surface area (Å²) >= 11 is 0. The molecule has 0 saturated carbocycles. The van der Waals surface area contributed by atoms with E-state index in [9.17, 15) is 9.59 Å². The van der Waals surface area contributed by atoms with E-state index < -0.39 is 0 Å². The quantitative estimate of drug-likeness (QED) is 0.667. The fourth-order valence-corrected chi connectivity index (χ4v) is 4.05. The number of nitrogens with zero attached hydrogens (tertiary/aromatic N) is 4. The standard InChI is InChI=1S/C22H26N4O3/c1-15-16(10-11-21(27)25-12-6-7-13-25)22(28)26-20(24(15)2)14-18(23-26)17-8-4-5-9-19(17)29-3/h4-5,8-9,14H,6-7,10-13H2,1-3H3. The number of carbonyl (C=O) groups is 1. The van der Waals surface area contributed by atoms with Crippen LogP contribution in [0.3, 0.4) is 0 Å². The van der Waals surface area contributed by atoms with Crippen LogP contribution in [0.1, 0.15) is 30.5 Å². The van der Waals surface area contributed by atoms with Gasteiger partial charge in [-0.05, 0) is 38.3 Å². The van der Waals surface area contributed by atoms with Gasteiger partial charge in [-0.3, -0.25) is 9.59 Å². The number of likely N-dealkylation sites (tertiary alicyclic amines) is 1. The van der Waals surface area contributed by atoms with Gasteiger partial charge in [0.05, 0.1) is 12.8 Å². The fraction of sp³-hybridized carbons (Fsp3) is 0.409. The second-order valence-electron chi connectivity index (χ2n) is 7.52. The van der Waals surface area contributed by atoms with Gasteiger partial charge in [0.25, 0.3) is 5.56 Å². The van der Waals surface area contributed by atoms with Gasteiger partial charge in [0, 0.05) is 49.4 Å². The van der Waals surface area contributed by atoms with E-state index in [0.717, 1.165) is 37.2 Å². The first kappa shape index (κ1) is 19.2. The van der Waals surface area contributed by atoms with E-state index in [1.165, 1.54) is 4.52 Å². The molecule has 1 fully saturated rings. The number of amides is 1. The highest BCUT2D eigenvalue weighted by atomic mass is 16.5. The SMILES string of the molecule is COc1ccccc1-c1cc2n(C)c(C)c(CCC(=O)N3CCCC3)c(=O)n2n1. The van der Waals surface area contributed by atoms with Crippen molar-refractivity contribution in [2.75, 3.05) is 20.2 Å². The van der Waals surface area contributed by atoms with Crippen LogP contribution in [0, 0.1) is 6.92 Å². The number of aromatic nitrogens is 3. The molecule has 1 amide bonds. The summed E-state index contributed by atoms with van der Waals surface area (Å²) in [5.74, 6) is 0.832. The Morgan fingerprint density at radius 3 is 2.66 bits per heavy atom. The molecule has 29 heavy (non-hydrogen) atoms. The molecule has 7 nitrogen and oxygen atoms in total. The van der Waals surface area contributed by atoms with E-state index >= 15 is 0 Å². The topological polar surface area (TPSA) is 68.8 Å². The normalized spacial score (nSPS) is 14.0. The molecule has 3 heterocycles. The average molecular weight is 394 g/mol. The summed E-state index contributed by atoms with van der Waals surface area (Å²) in [6.45, 7) is 3.58. The van der Waals surface area contributed by atoms with E-state index in [1.807, 2.05) is 53.8 Å². The van der Waals surface area contributed by atoms with E-state index in [1.54, 1.807) is 7.11 Å². The molecule has 1 aliphatic heterocycles. The highest BCUT2D eigenvalue weighted by molar-refractivity contribution is 5.76. The van der Waals surface area contributed by atoms with Gasteiger partial charge in [-0.1, -0.05) is 12.1 Å². The monoisotopic (exact) mass is 394 g/mol. The van der Waals surface area contributed by atoms with Crippen molar-refractivity contribution in [2.24, 2.45) is 7.05 Å². The molecule has 2 aromatic heterocycles. The highest BCUT2D eigenvalue weighted by Gasteiger charge is 2.21. The minimum atomic E-state index is -0.161. The van der Waals surface area contributed by atoms with Crippen molar-refractivity contribution >= 4 is 11.6 Å². The van der Waals surface area contributed by atoms with Crippen molar-refractivity contribution in [1.29, 1.82) is 0 Å². The molecule has 152 valence electrons. The molecular weight excluding hydrogens is 368 g/mol. The Bertz CT molecular complexity index is 1120. The smallest absolute Gasteiger partial charge is 0.277 e. The van der Waals surface area contributed by atoms with Gasteiger partial charge in [-0.25, -0.2) is 0 Å². The Labute approximate surface area is 169 Å². The Kier molecular flexibility index (Phi) is 5.13. The number of ether oxygens (including phenoxy) is 1. The fourth-order valence-electron chi connectivity index (χ4n) is 4.05. The molecule has 1 aromatic carbocycles. The zero-order chi connectivity index (χ0) is 20.5. The number of benzene rings is 1. The largest absolute Gasteiger partial charge is 0.496 e. The molecule has 7 heteroatoms. The number of aryl methyl sites for hydroxylation is 1. The van der Waals surface area contributed by atoms with Crippen LogP contribution in [0.15, 0.2) is 35.1 Å². The lowest BCUT2D eigenvalue weighted by molar-refractivity contribution is -0.130. The molecule has 1 aliphatic rings. The third kappa shape index (κ3) is 3.41. The number of methoxy groups -OCH3 is 1. The molecule has 0 N–H and O–H groups in total. The maximum absolute atomic E-state index is 13.2. The molecule has 4 rings (SSSR count). The predicted molar refractivity (Wildman–Crippen MR) is 111 cm³/mol. The second kappa shape index (κ2) is 7.73. The molecule has 0 spiro atoms. The molecule has 0 aliphatic carbocycles. The summed E-state index contributed by atoms with van der Waals surface area (Å²) in [5.41, 5.74) is 3.57. The van der Waals surface area contributed by atoms with Crippen molar-refractivity contribution in [1.82, 2.24) is 19.1 Å². The van der Waals surface area contributed by atoms with Crippen molar-refractivity contribution in [3.8, 4) is 17.0 Å². The summed E-state index contributed by atoms with van der Waals surface area (Å²) < 4.78 is 8.84. The van der Waals surface area contributed by atoms with Crippen LogP contribution in [-0.2, 0) is 18.3 Å². The van der Waals surface area contributed by atoms with Crippen LogP contribution in [0.25, 0.3) is 16.9 Å². The van der Waals surface area contributed by atoms with E-state index in [4.69, 9.17) is 4.74 Å². The Morgan fingerprint density at radius 2 is 1.93 bits per heavy atom. The molecule has 0 radical (unpaired) electrons. The van der Waals surface area contributed by atoms with Crippen molar-refractivity contribution in [3.63, 3.8) is 0 Å².